The average Bonchev–Trinajstić information content (AvgIpc) is 2.97. The highest BCUT2D eigenvalue weighted by atomic mass is 35.5. The van der Waals surface area contributed by atoms with E-state index in [4.69, 9.17) is 29.6 Å². The summed E-state index contributed by atoms with van der Waals surface area (Å²) in [5, 5.41) is 0.717. The van der Waals surface area contributed by atoms with Crippen LogP contribution in [0.4, 0.5) is 5.69 Å². The van der Waals surface area contributed by atoms with Crippen LogP contribution in [0, 0.1) is 0 Å². The van der Waals surface area contributed by atoms with E-state index in [0.717, 1.165) is 30.8 Å². The second-order valence-electron chi connectivity index (χ2n) is 5.37. The van der Waals surface area contributed by atoms with Gasteiger partial charge in [0.15, 0.2) is 0 Å². The van der Waals surface area contributed by atoms with Gasteiger partial charge in [0, 0.05) is 24.6 Å². The summed E-state index contributed by atoms with van der Waals surface area (Å²) in [6.07, 6.45) is 1.15. The third-order valence-electron chi connectivity index (χ3n) is 4.03. The molecule has 1 unspecified atom stereocenters. The molecule has 1 heterocycles. The fourth-order valence-electron chi connectivity index (χ4n) is 2.89. The fourth-order valence-corrected chi connectivity index (χ4v) is 3.32. The average molecular weight is 317 g/mol. The highest BCUT2D eigenvalue weighted by molar-refractivity contribution is 7.80. The lowest BCUT2D eigenvalue weighted by Gasteiger charge is -2.20. The first kappa shape index (κ1) is 14.4. The van der Waals surface area contributed by atoms with Gasteiger partial charge in [0.2, 0.25) is 0 Å². The van der Waals surface area contributed by atoms with Crippen LogP contribution in [0.2, 0.25) is 5.02 Å². The zero-order valence-corrected chi connectivity index (χ0v) is 13.2. The van der Waals surface area contributed by atoms with Crippen LogP contribution >= 0.6 is 23.8 Å². The minimum atomic E-state index is 0.382. The number of hydrogen-bond acceptors (Lipinski definition) is 2. The summed E-state index contributed by atoms with van der Waals surface area (Å²) in [6, 6.07) is 16.5. The van der Waals surface area contributed by atoms with E-state index < -0.39 is 0 Å². The van der Waals surface area contributed by atoms with Crippen molar-refractivity contribution in [3.63, 3.8) is 0 Å². The molecule has 0 bridgehead atoms. The van der Waals surface area contributed by atoms with Gasteiger partial charge in [-0.15, -0.1) is 0 Å². The first-order chi connectivity index (χ1) is 10.1. The van der Waals surface area contributed by atoms with Crippen LogP contribution in [-0.2, 0) is 0 Å². The summed E-state index contributed by atoms with van der Waals surface area (Å²) in [7, 11) is 0. The number of halogens is 1. The molecule has 0 amide bonds. The molecule has 21 heavy (non-hydrogen) atoms. The van der Waals surface area contributed by atoms with Gasteiger partial charge in [0.05, 0.1) is 10.7 Å². The topological polar surface area (TPSA) is 29.3 Å². The molecule has 1 saturated heterocycles. The van der Waals surface area contributed by atoms with Crippen LogP contribution in [0.25, 0.3) is 0 Å². The molecule has 108 valence electrons. The summed E-state index contributed by atoms with van der Waals surface area (Å²) in [4.78, 5) is 2.72. The molecule has 1 aliphatic rings. The SMILES string of the molecule is NC(=S)c1ccc(N2CCC(c3ccccc3)C2)c(Cl)c1. The summed E-state index contributed by atoms with van der Waals surface area (Å²) in [6.45, 7) is 2.02. The number of anilines is 1. The molecule has 3 rings (SSSR count). The van der Waals surface area contributed by atoms with Gasteiger partial charge in [-0.1, -0.05) is 54.2 Å². The summed E-state index contributed by atoms with van der Waals surface area (Å²) in [5.41, 5.74) is 8.92. The van der Waals surface area contributed by atoms with E-state index in [1.165, 1.54) is 5.56 Å². The number of thiocarbonyl (C=S) groups is 1. The van der Waals surface area contributed by atoms with Crippen LogP contribution in [0.5, 0.6) is 0 Å². The van der Waals surface area contributed by atoms with E-state index >= 15 is 0 Å². The van der Waals surface area contributed by atoms with Gasteiger partial charge in [-0.05, 0) is 30.2 Å². The smallest absolute Gasteiger partial charge is 0.104 e. The molecule has 0 aliphatic carbocycles. The van der Waals surface area contributed by atoms with Gasteiger partial charge < -0.3 is 10.6 Å². The Morgan fingerprint density at radius 3 is 2.62 bits per heavy atom. The lowest BCUT2D eigenvalue weighted by Crippen LogP contribution is -2.20. The fraction of sp³-hybridized carbons (Fsp3) is 0.235. The van der Waals surface area contributed by atoms with E-state index in [1.54, 1.807) is 0 Å². The van der Waals surface area contributed by atoms with Crippen molar-refractivity contribution < 1.29 is 0 Å². The van der Waals surface area contributed by atoms with E-state index in [0.29, 0.717) is 15.9 Å². The zero-order chi connectivity index (χ0) is 14.8. The van der Waals surface area contributed by atoms with Crippen molar-refractivity contribution in [2.45, 2.75) is 12.3 Å². The van der Waals surface area contributed by atoms with Crippen LogP contribution < -0.4 is 10.6 Å². The quantitative estimate of drug-likeness (QED) is 0.869. The van der Waals surface area contributed by atoms with Crippen molar-refractivity contribution in [3.05, 3.63) is 64.7 Å². The molecule has 2 N–H and O–H groups in total. The molecule has 1 aliphatic heterocycles. The van der Waals surface area contributed by atoms with E-state index in [9.17, 15) is 0 Å². The van der Waals surface area contributed by atoms with Crippen molar-refractivity contribution in [1.29, 1.82) is 0 Å². The van der Waals surface area contributed by atoms with E-state index in [1.807, 2.05) is 18.2 Å². The van der Waals surface area contributed by atoms with Crippen molar-refractivity contribution in [3.8, 4) is 0 Å². The van der Waals surface area contributed by atoms with Crippen molar-refractivity contribution >= 4 is 34.5 Å². The van der Waals surface area contributed by atoms with Crippen molar-refractivity contribution in [2.24, 2.45) is 5.73 Å². The molecule has 2 aromatic carbocycles. The third-order valence-corrected chi connectivity index (χ3v) is 4.57. The molecule has 1 fully saturated rings. The Labute approximate surface area is 135 Å². The molecule has 0 aromatic heterocycles. The molecule has 1 atom stereocenters. The summed E-state index contributed by atoms with van der Waals surface area (Å²) >= 11 is 11.4. The van der Waals surface area contributed by atoms with Gasteiger partial charge in [-0.25, -0.2) is 0 Å². The van der Waals surface area contributed by atoms with Crippen molar-refractivity contribution in [1.82, 2.24) is 0 Å². The predicted octanol–water partition coefficient (Wildman–Crippen LogP) is 3.97. The lowest BCUT2D eigenvalue weighted by atomic mass is 9.99. The van der Waals surface area contributed by atoms with Gasteiger partial charge in [-0.3, -0.25) is 0 Å². The second-order valence-corrected chi connectivity index (χ2v) is 6.22. The molecular formula is C17H17ClN2S. The first-order valence-electron chi connectivity index (χ1n) is 7.04. The number of rotatable bonds is 3. The molecule has 2 nitrogen and oxygen atoms in total. The Kier molecular flexibility index (Phi) is 4.13. The number of benzene rings is 2. The highest BCUT2D eigenvalue weighted by Crippen LogP contribution is 2.34. The molecule has 0 spiro atoms. The lowest BCUT2D eigenvalue weighted by molar-refractivity contribution is 0.775. The van der Waals surface area contributed by atoms with Crippen LogP contribution in [0.15, 0.2) is 48.5 Å². The van der Waals surface area contributed by atoms with Gasteiger partial charge in [0.1, 0.15) is 4.99 Å². The van der Waals surface area contributed by atoms with E-state index in [-0.39, 0.29) is 0 Å². The largest absolute Gasteiger partial charge is 0.389 e. The monoisotopic (exact) mass is 316 g/mol. The first-order valence-corrected chi connectivity index (χ1v) is 7.83. The zero-order valence-electron chi connectivity index (χ0n) is 11.6. The van der Waals surface area contributed by atoms with Gasteiger partial charge in [0.25, 0.3) is 0 Å². The number of nitrogens with zero attached hydrogens (tertiary/aromatic N) is 1. The Bertz CT molecular complexity index is 657. The van der Waals surface area contributed by atoms with Crippen LogP contribution in [0.3, 0.4) is 0 Å². The second kappa shape index (κ2) is 6.04. The molecule has 4 heteroatoms. The minimum Gasteiger partial charge on any atom is -0.389 e. The standard InChI is InChI=1S/C17H17ClN2S/c18-15-10-13(17(19)21)6-7-16(15)20-9-8-14(11-20)12-4-2-1-3-5-12/h1-7,10,14H,8-9,11H2,(H2,19,21). The van der Waals surface area contributed by atoms with Crippen LogP contribution in [-0.4, -0.2) is 18.1 Å². The minimum absolute atomic E-state index is 0.382. The Hall–Kier alpha value is -1.58. The van der Waals surface area contributed by atoms with Gasteiger partial charge >= 0.3 is 0 Å². The van der Waals surface area contributed by atoms with Crippen LogP contribution in [0.1, 0.15) is 23.5 Å². The van der Waals surface area contributed by atoms with Crippen molar-refractivity contribution in [2.75, 3.05) is 18.0 Å². The third kappa shape index (κ3) is 3.04. The maximum absolute atomic E-state index is 6.39. The normalized spacial score (nSPS) is 18.0. The Morgan fingerprint density at radius 2 is 1.95 bits per heavy atom. The molecule has 0 saturated carbocycles. The highest BCUT2D eigenvalue weighted by Gasteiger charge is 2.25. The Balaban J connectivity index is 1.79. The number of nitrogens with two attached hydrogens (primary N) is 1. The summed E-state index contributed by atoms with van der Waals surface area (Å²) in [5.74, 6) is 0.567. The molecular weight excluding hydrogens is 300 g/mol. The number of hydrogen-bond donors (Lipinski definition) is 1. The van der Waals surface area contributed by atoms with Gasteiger partial charge in [-0.2, -0.15) is 0 Å². The van der Waals surface area contributed by atoms with E-state index in [2.05, 4.69) is 35.2 Å². The maximum atomic E-state index is 6.39. The molecule has 2 aromatic rings. The predicted molar refractivity (Wildman–Crippen MR) is 93.4 cm³/mol. The summed E-state index contributed by atoms with van der Waals surface area (Å²) < 4.78 is 0. The maximum Gasteiger partial charge on any atom is 0.104 e. The Morgan fingerprint density at radius 1 is 1.19 bits per heavy atom. The molecule has 0 radical (unpaired) electrons.